The number of unbranched alkanes of at least 4 members (excludes halogenated alkanes) is 1. The van der Waals surface area contributed by atoms with Crippen LogP contribution in [-0.2, 0) is 11.3 Å². The predicted octanol–water partition coefficient (Wildman–Crippen LogP) is 5.14. The van der Waals surface area contributed by atoms with E-state index in [4.69, 9.17) is 16.3 Å². The Bertz CT molecular complexity index is 960. The molecule has 0 spiro atoms. The van der Waals surface area contributed by atoms with Gasteiger partial charge >= 0.3 is 0 Å². The van der Waals surface area contributed by atoms with Gasteiger partial charge < -0.3 is 14.6 Å². The number of para-hydroxylation sites is 1. The maximum Gasteiger partial charge on any atom is 0.234 e. The summed E-state index contributed by atoms with van der Waals surface area (Å²) in [5.74, 6) is 1.66. The van der Waals surface area contributed by atoms with E-state index >= 15 is 0 Å². The lowest BCUT2D eigenvalue weighted by molar-refractivity contribution is -0.113. The third kappa shape index (κ3) is 5.52. The Hall–Kier alpha value is -2.51. The molecular weight excluding hydrogens is 408 g/mol. The second-order valence-electron chi connectivity index (χ2n) is 6.36. The first-order valence-corrected chi connectivity index (χ1v) is 10.7. The van der Waals surface area contributed by atoms with Gasteiger partial charge in [-0.3, -0.25) is 4.79 Å². The van der Waals surface area contributed by atoms with E-state index in [1.807, 2.05) is 36.4 Å². The second kappa shape index (κ2) is 10.3. The fourth-order valence-corrected chi connectivity index (χ4v) is 3.69. The van der Waals surface area contributed by atoms with Gasteiger partial charge in [0.25, 0.3) is 0 Å². The average molecular weight is 431 g/mol. The monoisotopic (exact) mass is 430 g/mol. The fourth-order valence-electron chi connectivity index (χ4n) is 2.75. The molecule has 6 nitrogen and oxygen atoms in total. The zero-order chi connectivity index (χ0) is 20.6. The minimum absolute atomic E-state index is 0.140. The van der Waals surface area contributed by atoms with Gasteiger partial charge in [0.05, 0.1) is 23.6 Å². The summed E-state index contributed by atoms with van der Waals surface area (Å²) in [6.45, 7) is 2.93. The molecule has 0 radical (unpaired) electrons. The van der Waals surface area contributed by atoms with E-state index in [9.17, 15) is 4.79 Å². The van der Waals surface area contributed by atoms with E-state index < -0.39 is 0 Å². The molecule has 1 N–H and O–H groups in total. The van der Waals surface area contributed by atoms with Crippen molar-refractivity contribution in [2.45, 2.75) is 31.5 Å². The average Bonchev–Trinajstić information content (AvgIpc) is 3.15. The largest absolute Gasteiger partial charge is 0.497 e. The number of carbonyl (C=O) groups is 1. The number of carbonyl (C=O) groups excluding carboxylic acids is 1. The lowest BCUT2D eigenvalue weighted by atomic mass is 10.2. The van der Waals surface area contributed by atoms with Crippen LogP contribution in [0.3, 0.4) is 0 Å². The standard InChI is InChI=1S/C21H23ClN4O2S/c1-3-4-13-26-20(15-9-11-16(28-2)12-10-15)24-25-21(26)29-14-19(27)23-18-8-6-5-7-17(18)22/h5-12H,3-4,13-14H2,1-2H3,(H,23,27). The summed E-state index contributed by atoms with van der Waals surface area (Å²) in [5, 5.41) is 12.8. The SMILES string of the molecule is CCCCn1c(SCC(=O)Nc2ccccc2Cl)nnc1-c1ccc(OC)cc1. The highest BCUT2D eigenvalue weighted by atomic mass is 35.5. The molecule has 1 heterocycles. The molecule has 2 aromatic carbocycles. The number of aromatic nitrogens is 3. The molecule has 0 unspecified atom stereocenters. The van der Waals surface area contributed by atoms with Crippen LogP contribution in [-0.4, -0.2) is 33.5 Å². The molecule has 0 aliphatic heterocycles. The molecule has 0 aliphatic rings. The number of thioether (sulfide) groups is 1. The van der Waals surface area contributed by atoms with Gasteiger partial charge in [-0.1, -0.05) is 48.8 Å². The normalized spacial score (nSPS) is 10.7. The number of amides is 1. The predicted molar refractivity (Wildman–Crippen MR) is 118 cm³/mol. The number of nitrogens with zero attached hydrogens (tertiary/aromatic N) is 3. The maximum absolute atomic E-state index is 12.3. The van der Waals surface area contributed by atoms with Crippen LogP contribution in [0.4, 0.5) is 5.69 Å². The Kier molecular flexibility index (Phi) is 7.55. The van der Waals surface area contributed by atoms with Gasteiger partial charge in [0.15, 0.2) is 11.0 Å². The van der Waals surface area contributed by atoms with Crippen LogP contribution in [0, 0.1) is 0 Å². The molecule has 0 saturated carbocycles. The van der Waals surface area contributed by atoms with Crippen molar-refractivity contribution in [2.75, 3.05) is 18.2 Å². The number of ether oxygens (including phenoxy) is 1. The Balaban J connectivity index is 1.73. The van der Waals surface area contributed by atoms with Crippen molar-refractivity contribution >= 4 is 35.0 Å². The summed E-state index contributed by atoms with van der Waals surface area (Å²) in [6.07, 6.45) is 2.05. The third-order valence-corrected chi connectivity index (χ3v) is 5.58. The topological polar surface area (TPSA) is 69.0 Å². The highest BCUT2D eigenvalue weighted by Crippen LogP contribution is 2.27. The van der Waals surface area contributed by atoms with Gasteiger partial charge in [0, 0.05) is 12.1 Å². The molecule has 3 aromatic rings. The number of rotatable bonds is 9. The fraction of sp³-hybridized carbons (Fsp3) is 0.286. The molecule has 0 aliphatic carbocycles. The maximum atomic E-state index is 12.3. The van der Waals surface area contributed by atoms with E-state index in [0.717, 1.165) is 41.7 Å². The van der Waals surface area contributed by atoms with Crippen LogP contribution in [0.1, 0.15) is 19.8 Å². The van der Waals surface area contributed by atoms with Crippen LogP contribution in [0.15, 0.2) is 53.7 Å². The highest BCUT2D eigenvalue weighted by Gasteiger charge is 2.16. The molecule has 0 atom stereocenters. The Morgan fingerprint density at radius 1 is 1.17 bits per heavy atom. The lowest BCUT2D eigenvalue weighted by Gasteiger charge is -2.10. The van der Waals surface area contributed by atoms with Crippen LogP contribution >= 0.6 is 23.4 Å². The quantitative estimate of drug-likeness (QED) is 0.476. The number of methoxy groups -OCH3 is 1. The molecule has 8 heteroatoms. The first kappa shape index (κ1) is 21.2. The molecule has 1 amide bonds. The minimum atomic E-state index is -0.140. The first-order chi connectivity index (χ1) is 14.1. The number of halogens is 1. The molecular formula is C21H23ClN4O2S. The van der Waals surface area contributed by atoms with Gasteiger partial charge in [0.2, 0.25) is 5.91 Å². The summed E-state index contributed by atoms with van der Waals surface area (Å²) in [5.41, 5.74) is 1.56. The summed E-state index contributed by atoms with van der Waals surface area (Å²) < 4.78 is 7.29. The number of nitrogens with one attached hydrogen (secondary N) is 1. The third-order valence-electron chi connectivity index (χ3n) is 4.28. The van der Waals surface area contributed by atoms with Crippen molar-refractivity contribution in [3.8, 4) is 17.1 Å². The van der Waals surface area contributed by atoms with Crippen LogP contribution in [0.2, 0.25) is 5.02 Å². The van der Waals surface area contributed by atoms with Crippen LogP contribution in [0.5, 0.6) is 5.75 Å². The first-order valence-electron chi connectivity index (χ1n) is 9.37. The van der Waals surface area contributed by atoms with Gasteiger partial charge in [0.1, 0.15) is 5.75 Å². The van der Waals surface area contributed by atoms with Crippen molar-refractivity contribution in [3.05, 3.63) is 53.6 Å². The summed E-state index contributed by atoms with van der Waals surface area (Å²) in [4.78, 5) is 12.3. The Morgan fingerprint density at radius 2 is 1.93 bits per heavy atom. The molecule has 0 saturated heterocycles. The minimum Gasteiger partial charge on any atom is -0.497 e. The van der Waals surface area contributed by atoms with Crippen molar-refractivity contribution in [1.29, 1.82) is 0 Å². The Morgan fingerprint density at radius 3 is 2.62 bits per heavy atom. The molecule has 1 aromatic heterocycles. The second-order valence-corrected chi connectivity index (χ2v) is 7.71. The van der Waals surface area contributed by atoms with E-state index in [1.165, 1.54) is 11.8 Å². The number of benzene rings is 2. The summed E-state index contributed by atoms with van der Waals surface area (Å²) in [6, 6.07) is 14.9. The van der Waals surface area contributed by atoms with Crippen molar-refractivity contribution in [2.24, 2.45) is 0 Å². The van der Waals surface area contributed by atoms with Gasteiger partial charge in [-0.25, -0.2) is 0 Å². The zero-order valence-corrected chi connectivity index (χ0v) is 18.0. The number of hydrogen-bond donors (Lipinski definition) is 1. The lowest BCUT2D eigenvalue weighted by Crippen LogP contribution is -2.15. The summed E-state index contributed by atoms with van der Waals surface area (Å²) in [7, 11) is 1.64. The van der Waals surface area contributed by atoms with E-state index in [0.29, 0.717) is 10.7 Å². The number of anilines is 1. The molecule has 0 fully saturated rings. The van der Waals surface area contributed by atoms with Gasteiger partial charge in [-0.15, -0.1) is 10.2 Å². The van der Waals surface area contributed by atoms with E-state index in [-0.39, 0.29) is 11.7 Å². The molecule has 3 rings (SSSR count). The van der Waals surface area contributed by atoms with Crippen LogP contribution in [0.25, 0.3) is 11.4 Å². The van der Waals surface area contributed by atoms with Crippen molar-refractivity contribution in [3.63, 3.8) is 0 Å². The van der Waals surface area contributed by atoms with Gasteiger partial charge in [-0.2, -0.15) is 0 Å². The van der Waals surface area contributed by atoms with Crippen molar-refractivity contribution in [1.82, 2.24) is 14.8 Å². The highest BCUT2D eigenvalue weighted by molar-refractivity contribution is 7.99. The number of hydrogen-bond acceptors (Lipinski definition) is 5. The van der Waals surface area contributed by atoms with E-state index in [1.54, 1.807) is 19.2 Å². The van der Waals surface area contributed by atoms with Crippen LogP contribution < -0.4 is 10.1 Å². The molecule has 0 bridgehead atoms. The van der Waals surface area contributed by atoms with Gasteiger partial charge in [-0.05, 0) is 42.8 Å². The smallest absolute Gasteiger partial charge is 0.234 e. The molecule has 152 valence electrons. The molecule has 29 heavy (non-hydrogen) atoms. The zero-order valence-electron chi connectivity index (χ0n) is 16.4. The van der Waals surface area contributed by atoms with Crippen molar-refractivity contribution < 1.29 is 9.53 Å². The Labute approximate surface area is 179 Å². The van der Waals surface area contributed by atoms with E-state index in [2.05, 4.69) is 27.0 Å². The summed E-state index contributed by atoms with van der Waals surface area (Å²) >= 11 is 7.47.